The number of pyridine rings is 1. The SMILES string of the molecule is COc1ccc2ncc(=O)n(CCN3CCC(N(C)c4cnc5c(c4)OCCO5)CC3)c2c1.Cl. The molecule has 1 fully saturated rings. The molecule has 9 nitrogen and oxygen atoms in total. The Balaban J connectivity index is 0.00000274. The van der Waals surface area contributed by atoms with E-state index < -0.39 is 0 Å². The third-order valence-electron chi connectivity index (χ3n) is 6.59. The molecule has 0 bridgehead atoms. The molecule has 1 saturated heterocycles. The number of likely N-dealkylation sites (tertiary alicyclic amines) is 1. The van der Waals surface area contributed by atoms with Crippen LogP contribution >= 0.6 is 12.4 Å². The highest BCUT2D eigenvalue weighted by molar-refractivity contribution is 5.85. The molecule has 1 aromatic carbocycles. The van der Waals surface area contributed by atoms with E-state index in [4.69, 9.17) is 14.2 Å². The van der Waals surface area contributed by atoms with E-state index in [0.717, 1.165) is 60.7 Å². The molecule has 0 N–H and O–H groups in total. The van der Waals surface area contributed by atoms with Crippen molar-refractivity contribution < 1.29 is 14.2 Å². The topological polar surface area (TPSA) is 82.0 Å². The maximum absolute atomic E-state index is 12.5. The summed E-state index contributed by atoms with van der Waals surface area (Å²) in [5.41, 5.74) is 2.56. The van der Waals surface area contributed by atoms with Crippen LogP contribution in [0.25, 0.3) is 11.0 Å². The van der Waals surface area contributed by atoms with Gasteiger partial charge >= 0.3 is 0 Å². The van der Waals surface area contributed by atoms with Crippen LogP contribution in [0.3, 0.4) is 0 Å². The Hall–Kier alpha value is -3.04. The smallest absolute Gasteiger partial charge is 0.269 e. The monoisotopic (exact) mass is 487 g/mol. The predicted octanol–water partition coefficient (Wildman–Crippen LogP) is 2.59. The van der Waals surface area contributed by atoms with Crippen LogP contribution in [0.2, 0.25) is 0 Å². The Labute approximate surface area is 204 Å². The molecule has 34 heavy (non-hydrogen) atoms. The number of methoxy groups -OCH3 is 1. The molecular weight excluding hydrogens is 458 g/mol. The van der Waals surface area contributed by atoms with Gasteiger partial charge in [-0.05, 0) is 25.0 Å². The summed E-state index contributed by atoms with van der Waals surface area (Å²) in [4.78, 5) is 25.9. The molecule has 2 aromatic heterocycles. The van der Waals surface area contributed by atoms with Crippen LogP contribution in [-0.2, 0) is 6.54 Å². The van der Waals surface area contributed by atoms with Gasteiger partial charge in [-0.15, -0.1) is 12.4 Å². The van der Waals surface area contributed by atoms with Crippen LogP contribution < -0.4 is 24.7 Å². The van der Waals surface area contributed by atoms with Crippen LogP contribution in [0.1, 0.15) is 12.8 Å². The van der Waals surface area contributed by atoms with E-state index in [1.165, 1.54) is 6.20 Å². The molecule has 5 rings (SSSR count). The molecule has 0 unspecified atom stereocenters. The van der Waals surface area contributed by atoms with E-state index in [2.05, 4.69) is 26.8 Å². The average molecular weight is 488 g/mol. The third-order valence-corrected chi connectivity index (χ3v) is 6.59. The highest BCUT2D eigenvalue weighted by Gasteiger charge is 2.24. The van der Waals surface area contributed by atoms with Crippen molar-refractivity contribution in [3.63, 3.8) is 0 Å². The van der Waals surface area contributed by atoms with Gasteiger partial charge in [0.1, 0.15) is 19.0 Å². The molecule has 0 radical (unpaired) electrons. The first-order chi connectivity index (χ1) is 16.1. The van der Waals surface area contributed by atoms with Crippen LogP contribution in [0.15, 0.2) is 41.5 Å². The Morgan fingerprint density at radius 3 is 2.68 bits per heavy atom. The molecule has 2 aliphatic rings. The second-order valence-electron chi connectivity index (χ2n) is 8.48. The minimum absolute atomic E-state index is 0. The minimum Gasteiger partial charge on any atom is -0.497 e. The lowest BCUT2D eigenvalue weighted by Gasteiger charge is -2.38. The molecular formula is C24H30ClN5O4. The quantitative estimate of drug-likeness (QED) is 0.525. The summed E-state index contributed by atoms with van der Waals surface area (Å²) in [5, 5.41) is 0. The molecule has 4 heterocycles. The summed E-state index contributed by atoms with van der Waals surface area (Å²) in [7, 11) is 3.74. The first-order valence-corrected chi connectivity index (χ1v) is 11.4. The van der Waals surface area contributed by atoms with Crippen molar-refractivity contribution in [2.24, 2.45) is 0 Å². The van der Waals surface area contributed by atoms with Gasteiger partial charge in [-0.2, -0.15) is 0 Å². The van der Waals surface area contributed by atoms with Gasteiger partial charge in [0.05, 0.1) is 36.2 Å². The molecule has 2 aliphatic heterocycles. The normalized spacial score (nSPS) is 16.2. The summed E-state index contributed by atoms with van der Waals surface area (Å²) in [5.74, 6) is 2.01. The van der Waals surface area contributed by atoms with Gasteiger partial charge in [0.25, 0.3) is 11.4 Å². The number of fused-ring (bicyclic) bond motifs is 2. The van der Waals surface area contributed by atoms with Gasteiger partial charge in [0.15, 0.2) is 5.75 Å². The first-order valence-electron chi connectivity index (χ1n) is 11.4. The van der Waals surface area contributed by atoms with Crippen molar-refractivity contribution in [2.75, 3.05) is 51.9 Å². The fraction of sp³-hybridized carbons (Fsp3) is 0.458. The number of hydrogen-bond acceptors (Lipinski definition) is 8. The minimum atomic E-state index is -0.0866. The summed E-state index contributed by atoms with van der Waals surface area (Å²) in [6.45, 7) is 4.50. The van der Waals surface area contributed by atoms with Crippen molar-refractivity contribution in [1.29, 1.82) is 0 Å². The fourth-order valence-electron chi connectivity index (χ4n) is 4.60. The number of hydrogen-bond donors (Lipinski definition) is 0. The summed E-state index contributed by atoms with van der Waals surface area (Å²) >= 11 is 0. The van der Waals surface area contributed by atoms with Gasteiger partial charge < -0.3 is 28.6 Å². The highest BCUT2D eigenvalue weighted by Crippen LogP contribution is 2.32. The van der Waals surface area contributed by atoms with Crippen molar-refractivity contribution in [3.8, 4) is 17.4 Å². The molecule has 0 amide bonds. The Kier molecular flexibility index (Phi) is 7.43. The van der Waals surface area contributed by atoms with Gasteiger partial charge in [-0.25, -0.2) is 9.97 Å². The lowest BCUT2D eigenvalue weighted by molar-refractivity contribution is 0.164. The van der Waals surface area contributed by atoms with Gasteiger partial charge in [-0.3, -0.25) is 4.79 Å². The van der Waals surface area contributed by atoms with Crippen LogP contribution in [0, 0.1) is 0 Å². The number of halogens is 1. The van der Waals surface area contributed by atoms with Crippen molar-refractivity contribution in [1.82, 2.24) is 19.4 Å². The molecule has 10 heteroatoms. The number of piperidine rings is 1. The zero-order chi connectivity index (χ0) is 22.8. The van der Waals surface area contributed by atoms with E-state index in [1.807, 2.05) is 30.5 Å². The van der Waals surface area contributed by atoms with E-state index in [-0.39, 0.29) is 18.0 Å². The van der Waals surface area contributed by atoms with Gasteiger partial charge in [0.2, 0.25) is 0 Å². The molecule has 0 saturated carbocycles. The number of aromatic nitrogens is 3. The number of rotatable bonds is 6. The lowest BCUT2D eigenvalue weighted by atomic mass is 10.0. The van der Waals surface area contributed by atoms with E-state index >= 15 is 0 Å². The molecule has 3 aromatic rings. The first kappa shape index (κ1) is 24.1. The van der Waals surface area contributed by atoms with Crippen molar-refractivity contribution in [3.05, 3.63) is 47.0 Å². The van der Waals surface area contributed by atoms with Gasteiger partial charge in [0, 0.05) is 51.4 Å². The van der Waals surface area contributed by atoms with Crippen molar-refractivity contribution in [2.45, 2.75) is 25.4 Å². The third kappa shape index (κ3) is 4.90. The zero-order valence-corrected chi connectivity index (χ0v) is 20.3. The highest BCUT2D eigenvalue weighted by atomic mass is 35.5. The number of ether oxygens (including phenoxy) is 3. The molecule has 0 spiro atoms. The zero-order valence-electron chi connectivity index (χ0n) is 19.5. The second-order valence-corrected chi connectivity index (χ2v) is 8.48. The summed E-state index contributed by atoms with van der Waals surface area (Å²) in [6, 6.07) is 8.08. The Bertz CT molecular complexity index is 1200. The Morgan fingerprint density at radius 2 is 1.88 bits per heavy atom. The van der Waals surface area contributed by atoms with E-state index in [1.54, 1.807) is 11.7 Å². The number of anilines is 1. The predicted molar refractivity (Wildman–Crippen MR) is 133 cm³/mol. The van der Waals surface area contributed by atoms with E-state index in [9.17, 15) is 4.79 Å². The Morgan fingerprint density at radius 1 is 1.09 bits per heavy atom. The van der Waals surface area contributed by atoms with Crippen molar-refractivity contribution >= 4 is 29.1 Å². The lowest BCUT2D eigenvalue weighted by Crippen LogP contribution is -2.44. The molecule has 182 valence electrons. The molecule has 0 atom stereocenters. The van der Waals surface area contributed by atoms with Crippen LogP contribution in [-0.4, -0.2) is 72.5 Å². The largest absolute Gasteiger partial charge is 0.497 e. The average Bonchev–Trinajstić information content (AvgIpc) is 2.87. The maximum Gasteiger partial charge on any atom is 0.269 e. The fourth-order valence-corrected chi connectivity index (χ4v) is 4.60. The van der Waals surface area contributed by atoms with E-state index in [0.29, 0.717) is 31.7 Å². The molecule has 0 aliphatic carbocycles. The van der Waals surface area contributed by atoms with Gasteiger partial charge in [-0.1, -0.05) is 0 Å². The number of nitrogens with zero attached hydrogens (tertiary/aromatic N) is 5. The second kappa shape index (κ2) is 10.5. The maximum atomic E-state index is 12.5. The number of benzene rings is 1. The van der Waals surface area contributed by atoms with Crippen LogP contribution in [0.5, 0.6) is 17.4 Å². The standard InChI is InChI=1S/C24H29N5O4.ClH/c1-27(18-13-22-24(26-15-18)33-12-11-32-22)17-5-7-28(8-6-17)9-10-29-21-14-19(31-2)3-4-20(21)25-16-23(29)30;/h3-4,13-17H,5-12H2,1-2H3;1H. The summed E-state index contributed by atoms with van der Waals surface area (Å²) in [6.07, 6.45) is 5.35. The summed E-state index contributed by atoms with van der Waals surface area (Å²) < 4.78 is 18.3. The van der Waals surface area contributed by atoms with Crippen LogP contribution in [0.4, 0.5) is 5.69 Å².